The predicted molar refractivity (Wildman–Crippen MR) is 66.4 cm³/mol. The first kappa shape index (κ1) is 9.73. The first-order valence-corrected chi connectivity index (χ1v) is 6.71. The Balaban J connectivity index is 2.16. The maximum Gasteiger partial charge on any atom is 0.0430 e. The Bertz CT molecular complexity index is 400. The predicted octanol–water partition coefficient (Wildman–Crippen LogP) is 2.77. The molecule has 0 N–H and O–H groups in total. The van der Waals surface area contributed by atoms with E-state index in [0.29, 0.717) is 0 Å². The Kier molecular flexibility index (Phi) is 2.29. The molecule has 1 unspecified atom stereocenters. The third-order valence-corrected chi connectivity index (χ3v) is 4.65. The third-order valence-electron chi connectivity index (χ3n) is 3.43. The molecule has 3 rings (SSSR count). The van der Waals surface area contributed by atoms with E-state index in [1.54, 1.807) is 16.7 Å². The van der Waals surface area contributed by atoms with E-state index in [1.165, 1.54) is 24.3 Å². The fourth-order valence-corrected chi connectivity index (χ4v) is 4.33. The van der Waals surface area contributed by atoms with E-state index in [1.807, 2.05) is 0 Å². The van der Waals surface area contributed by atoms with Crippen molar-refractivity contribution in [3.05, 3.63) is 34.4 Å². The fraction of sp³-hybridized carbons (Fsp3) is 0.538. The molecule has 0 aromatic heterocycles. The van der Waals surface area contributed by atoms with Crippen LogP contribution in [0, 0.1) is 6.92 Å². The number of nitrogens with zero attached hydrogens (tertiary/aromatic N) is 1. The van der Waals surface area contributed by atoms with Crippen LogP contribution in [0.2, 0.25) is 0 Å². The van der Waals surface area contributed by atoms with Gasteiger partial charge < -0.3 is 4.90 Å². The first-order valence-electron chi connectivity index (χ1n) is 5.66. The first-order chi connectivity index (χ1) is 7.24. The van der Waals surface area contributed by atoms with E-state index in [4.69, 9.17) is 0 Å². The minimum absolute atomic E-state index is 0.739. The second-order valence-corrected chi connectivity index (χ2v) is 6.11. The lowest BCUT2D eigenvalue weighted by atomic mass is 9.91. The quantitative estimate of drug-likeness (QED) is 0.660. The lowest BCUT2D eigenvalue weighted by molar-refractivity contribution is 0.308. The van der Waals surface area contributed by atoms with Gasteiger partial charge in [0.2, 0.25) is 0 Å². The molecule has 2 aliphatic rings. The van der Waals surface area contributed by atoms with Gasteiger partial charge in [-0.2, -0.15) is 11.8 Å². The van der Waals surface area contributed by atoms with Crippen molar-refractivity contribution < 1.29 is 0 Å². The van der Waals surface area contributed by atoms with E-state index in [0.717, 1.165) is 11.8 Å². The van der Waals surface area contributed by atoms with Crippen molar-refractivity contribution in [2.24, 2.45) is 0 Å². The van der Waals surface area contributed by atoms with Crippen molar-refractivity contribution in [1.29, 1.82) is 0 Å². The summed E-state index contributed by atoms with van der Waals surface area (Å²) >= 11 is 2.14. The van der Waals surface area contributed by atoms with Crippen LogP contribution in [0.3, 0.4) is 0 Å². The maximum atomic E-state index is 2.45. The standard InChI is InChI=1S/C13H17NS/c1-9-5-10-3-4-15-12-8-14(2)7-11(6-9)13(10)12/h5-6,12H,3-4,7-8H2,1-2H3. The highest BCUT2D eigenvalue weighted by Gasteiger charge is 2.28. The van der Waals surface area contributed by atoms with Gasteiger partial charge in [0.25, 0.3) is 0 Å². The van der Waals surface area contributed by atoms with Crippen LogP contribution >= 0.6 is 11.8 Å². The number of hydrogen-bond acceptors (Lipinski definition) is 2. The van der Waals surface area contributed by atoms with Crippen LogP contribution in [0.1, 0.15) is 27.5 Å². The van der Waals surface area contributed by atoms with Crippen molar-refractivity contribution in [2.45, 2.75) is 25.1 Å². The normalized spacial score (nSPS) is 25.1. The summed E-state index contributed by atoms with van der Waals surface area (Å²) in [6, 6.07) is 4.78. The minimum Gasteiger partial charge on any atom is -0.301 e. The molecule has 1 aromatic carbocycles. The SMILES string of the molecule is Cc1cc2c3c(c1)CN(C)CC3SCC2. The van der Waals surface area contributed by atoms with E-state index < -0.39 is 0 Å². The van der Waals surface area contributed by atoms with E-state index >= 15 is 0 Å². The van der Waals surface area contributed by atoms with Crippen LogP contribution in [0.5, 0.6) is 0 Å². The number of aryl methyl sites for hydroxylation is 2. The molecular formula is C13H17NS. The summed E-state index contributed by atoms with van der Waals surface area (Å²) in [6.45, 7) is 4.59. The molecule has 2 heteroatoms. The zero-order valence-corrected chi connectivity index (χ0v) is 10.2. The van der Waals surface area contributed by atoms with Crippen LogP contribution in [-0.2, 0) is 13.0 Å². The maximum absolute atomic E-state index is 2.45. The Hall–Kier alpha value is -0.470. The van der Waals surface area contributed by atoms with Gasteiger partial charge in [-0.3, -0.25) is 0 Å². The highest BCUT2D eigenvalue weighted by atomic mass is 32.2. The summed E-state index contributed by atoms with van der Waals surface area (Å²) in [5.74, 6) is 1.30. The van der Waals surface area contributed by atoms with Gasteiger partial charge in [-0.1, -0.05) is 17.7 Å². The summed E-state index contributed by atoms with van der Waals surface area (Å²) in [7, 11) is 2.24. The Labute approximate surface area is 95.9 Å². The second kappa shape index (κ2) is 3.53. The molecule has 15 heavy (non-hydrogen) atoms. The summed E-state index contributed by atoms with van der Waals surface area (Å²) in [5.41, 5.74) is 6.32. The smallest absolute Gasteiger partial charge is 0.0430 e. The lowest BCUT2D eigenvalue weighted by Crippen LogP contribution is -2.31. The van der Waals surface area contributed by atoms with Crippen LogP contribution in [0.15, 0.2) is 12.1 Å². The molecule has 0 saturated carbocycles. The van der Waals surface area contributed by atoms with Crippen molar-refractivity contribution >= 4 is 11.8 Å². The van der Waals surface area contributed by atoms with E-state index in [-0.39, 0.29) is 0 Å². The summed E-state index contributed by atoms with van der Waals surface area (Å²) in [4.78, 5) is 2.45. The molecule has 0 radical (unpaired) electrons. The van der Waals surface area contributed by atoms with E-state index in [9.17, 15) is 0 Å². The average molecular weight is 219 g/mol. The van der Waals surface area contributed by atoms with Gasteiger partial charge in [0.1, 0.15) is 0 Å². The summed E-state index contributed by atoms with van der Waals surface area (Å²) < 4.78 is 0. The van der Waals surface area contributed by atoms with Gasteiger partial charge in [-0.15, -0.1) is 0 Å². The molecule has 0 saturated heterocycles. The second-order valence-electron chi connectivity index (χ2n) is 4.80. The number of likely N-dealkylation sites (N-methyl/N-ethyl adjacent to an activating group) is 1. The van der Waals surface area contributed by atoms with Crippen LogP contribution in [0.25, 0.3) is 0 Å². The topological polar surface area (TPSA) is 3.24 Å². The Morgan fingerprint density at radius 1 is 1.33 bits per heavy atom. The molecule has 0 aliphatic carbocycles. The Morgan fingerprint density at radius 2 is 2.13 bits per heavy atom. The highest BCUT2D eigenvalue weighted by molar-refractivity contribution is 7.99. The molecule has 0 spiro atoms. The summed E-state index contributed by atoms with van der Waals surface area (Å²) in [5, 5.41) is 0.739. The van der Waals surface area contributed by atoms with Crippen molar-refractivity contribution in [3.8, 4) is 0 Å². The largest absolute Gasteiger partial charge is 0.301 e. The van der Waals surface area contributed by atoms with Crippen LogP contribution in [0.4, 0.5) is 0 Å². The average Bonchev–Trinajstić information content (AvgIpc) is 2.16. The third kappa shape index (κ3) is 1.60. The highest BCUT2D eigenvalue weighted by Crippen LogP contribution is 2.42. The number of thioether (sulfide) groups is 1. The lowest BCUT2D eigenvalue weighted by Gasteiger charge is -2.36. The van der Waals surface area contributed by atoms with Gasteiger partial charge in [0.05, 0.1) is 0 Å². The van der Waals surface area contributed by atoms with Crippen molar-refractivity contribution in [3.63, 3.8) is 0 Å². The molecule has 1 atom stereocenters. The van der Waals surface area contributed by atoms with Crippen molar-refractivity contribution in [1.82, 2.24) is 4.90 Å². The number of rotatable bonds is 0. The van der Waals surface area contributed by atoms with Gasteiger partial charge >= 0.3 is 0 Å². The number of hydrogen-bond donors (Lipinski definition) is 0. The Morgan fingerprint density at radius 3 is 3.00 bits per heavy atom. The van der Waals surface area contributed by atoms with Crippen LogP contribution in [-0.4, -0.2) is 24.2 Å². The summed E-state index contributed by atoms with van der Waals surface area (Å²) in [6.07, 6.45) is 1.27. The van der Waals surface area contributed by atoms with E-state index in [2.05, 4.69) is 42.8 Å². The van der Waals surface area contributed by atoms with Gasteiger partial charge in [-0.25, -0.2) is 0 Å². The zero-order valence-electron chi connectivity index (χ0n) is 9.42. The molecule has 0 amide bonds. The van der Waals surface area contributed by atoms with Gasteiger partial charge in [-0.05, 0) is 42.8 Å². The zero-order chi connectivity index (χ0) is 10.4. The van der Waals surface area contributed by atoms with Gasteiger partial charge in [0, 0.05) is 18.3 Å². The molecule has 0 bridgehead atoms. The van der Waals surface area contributed by atoms with Gasteiger partial charge in [0.15, 0.2) is 0 Å². The molecule has 80 valence electrons. The minimum atomic E-state index is 0.739. The number of benzene rings is 1. The van der Waals surface area contributed by atoms with Crippen LogP contribution < -0.4 is 0 Å². The monoisotopic (exact) mass is 219 g/mol. The molecule has 2 heterocycles. The molecule has 1 aromatic rings. The molecular weight excluding hydrogens is 202 g/mol. The molecule has 2 aliphatic heterocycles. The fourth-order valence-electron chi connectivity index (χ4n) is 2.88. The molecule has 1 nitrogen and oxygen atoms in total. The molecule has 0 fully saturated rings. The van der Waals surface area contributed by atoms with Crippen molar-refractivity contribution in [2.75, 3.05) is 19.3 Å².